The van der Waals surface area contributed by atoms with Crippen LogP contribution >= 0.6 is 0 Å². The number of likely N-dealkylation sites (N-methyl/N-ethyl adjacent to an activating group) is 2. The summed E-state index contributed by atoms with van der Waals surface area (Å²) in [6.07, 6.45) is 0.759. The number of carbonyl (C=O) groups excluding carboxylic acids is 1. The molecule has 0 bridgehead atoms. The van der Waals surface area contributed by atoms with E-state index in [4.69, 9.17) is 4.52 Å². The average molecular weight is 268 g/mol. The van der Waals surface area contributed by atoms with E-state index < -0.39 is 0 Å². The molecule has 7 nitrogen and oxygen atoms in total. The maximum Gasteiger partial charge on any atom is 0.315 e. The number of methoxy groups -OCH3 is 1. The van der Waals surface area contributed by atoms with E-state index in [0.29, 0.717) is 17.8 Å². The molecule has 1 saturated heterocycles. The summed E-state index contributed by atoms with van der Waals surface area (Å²) in [5, 5.41) is 3.92. The van der Waals surface area contributed by atoms with Crippen LogP contribution in [0, 0.1) is 0 Å². The van der Waals surface area contributed by atoms with E-state index in [-0.39, 0.29) is 12.4 Å². The van der Waals surface area contributed by atoms with Gasteiger partial charge >= 0.3 is 5.97 Å². The molecule has 0 aromatic carbocycles. The smallest absolute Gasteiger partial charge is 0.315 e. The lowest BCUT2D eigenvalue weighted by atomic mass is 10.1. The fourth-order valence-corrected chi connectivity index (χ4v) is 2.17. The van der Waals surface area contributed by atoms with Crippen molar-refractivity contribution in [1.29, 1.82) is 0 Å². The van der Waals surface area contributed by atoms with Gasteiger partial charge in [-0.15, -0.1) is 0 Å². The van der Waals surface area contributed by atoms with Crippen LogP contribution in [0.4, 0.5) is 0 Å². The van der Waals surface area contributed by atoms with Crippen LogP contribution in [0.3, 0.4) is 0 Å². The van der Waals surface area contributed by atoms with Gasteiger partial charge in [0.05, 0.1) is 7.11 Å². The zero-order valence-corrected chi connectivity index (χ0v) is 11.6. The molecule has 1 unspecified atom stereocenters. The van der Waals surface area contributed by atoms with Crippen LogP contribution in [0.1, 0.15) is 11.7 Å². The molecular formula is C12H20N4O3. The van der Waals surface area contributed by atoms with E-state index in [2.05, 4.69) is 38.8 Å². The minimum atomic E-state index is -0.371. The van der Waals surface area contributed by atoms with Crippen LogP contribution < -0.4 is 0 Å². The number of aromatic nitrogens is 2. The standard InChI is InChI=1S/C12H20N4O3/c1-15-4-5-16(2)9(8-15)6-10-13-11(19-14-10)7-12(17)18-3/h9H,4-8H2,1-3H3. The molecule has 1 atom stereocenters. The Morgan fingerprint density at radius 2 is 2.26 bits per heavy atom. The maximum atomic E-state index is 11.1. The fourth-order valence-electron chi connectivity index (χ4n) is 2.17. The topological polar surface area (TPSA) is 71.7 Å². The third kappa shape index (κ3) is 3.74. The molecule has 1 aromatic rings. The third-order valence-corrected chi connectivity index (χ3v) is 3.43. The van der Waals surface area contributed by atoms with Crippen molar-refractivity contribution in [1.82, 2.24) is 19.9 Å². The first kappa shape index (κ1) is 14.0. The van der Waals surface area contributed by atoms with E-state index in [1.54, 1.807) is 0 Å². The van der Waals surface area contributed by atoms with Crippen LogP contribution in [0.5, 0.6) is 0 Å². The van der Waals surface area contributed by atoms with Gasteiger partial charge in [-0.3, -0.25) is 4.79 Å². The van der Waals surface area contributed by atoms with Crippen molar-refractivity contribution in [3.8, 4) is 0 Å². The highest BCUT2D eigenvalue weighted by Gasteiger charge is 2.24. The Morgan fingerprint density at radius 1 is 1.47 bits per heavy atom. The van der Waals surface area contributed by atoms with Crippen LogP contribution in [0.15, 0.2) is 4.52 Å². The van der Waals surface area contributed by atoms with Crippen molar-refractivity contribution >= 4 is 5.97 Å². The van der Waals surface area contributed by atoms with Gasteiger partial charge in [0.1, 0.15) is 6.42 Å². The van der Waals surface area contributed by atoms with E-state index >= 15 is 0 Å². The number of ether oxygens (including phenoxy) is 1. The Hall–Kier alpha value is -1.47. The minimum absolute atomic E-state index is 0.0317. The largest absolute Gasteiger partial charge is 0.469 e. The second-order valence-corrected chi connectivity index (χ2v) is 4.96. The lowest BCUT2D eigenvalue weighted by molar-refractivity contribution is -0.140. The summed E-state index contributed by atoms with van der Waals surface area (Å²) in [7, 11) is 5.55. The zero-order chi connectivity index (χ0) is 13.8. The molecule has 1 aliphatic heterocycles. The number of piperazine rings is 1. The van der Waals surface area contributed by atoms with Gasteiger partial charge in [-0.25, -0.2) is 0 Å². The molecule has 0 radical (unpaired) electrons. The summed E-state index contributed by atoms with van der Waals surface area (Å²) in [5.74, 6) is 0.587. The second-order valence-electron chi connectivity index (χ2n) is 4.96. The van der Waals surface area contributed by atoms with Gasteiger partial charge in [-0.1, -0.05) is 5.16 Å². The van der Waals surface area contributed by atoms with E-state index in [0.717, 1.165) is 26.1 Å². The molecule has 0 spiro atoms. The summed E-state index contributed by atoms with van der Waals surface area (Å²) in [6, 6.07) is 0.377. The number of hydrogen-bond acceptors (Lipinski definition) is 7. The van der Waals surface area contributed by atoms with E-state index in [1.807, 2.05) is 0 Å². The first-order valence-corrected chi connectivity index (χ1v) is 6.35. The van der Waals surface area contributed by atoms with Crippen molar-refractivity contribution < 1.29 is 14.1 Å². The van der Waals surface area contributed by atoms with Gasteiger partial charge in [0.15, 0.2) is 5.82 Å². The minimum Gasteiger partial charge on any atom is -0.469 e. The average Bonchev–Trinajstić information content (AvgIpc) is 2.81. The number of hydrogen-bond donors (Lipinski definition) is 0. The molecule has 19 heavy (non-hydrogen) atoms. The van der Waals surface area contributed by atoms with Gasteiger partial charge in [-0.05, 0) is 14.1 Å². The lowest BCUT2D eigenvalue weighted by Gasteiger charge is -2.37. The van der Waals surface area contributed by atoms with Crippen LogP contribution in [-0.2, 0) is 22.4 Å². The van der Waals surface area contributed by atoms with Crippen molar-refractivity contribution in [2.45, 2.75) is 18.9 Å². The van der Waals surface area contributed by atoms with Crippen LogP contribution in [0.25, 0.3) is 0 Å². The Bertz CT molecular complexity index is 434. The molecule has 7 heteroatoms. The number of esters is 1. The lowest BCUT2D eigenvalue weighted by Crippen LogP contribution is -2.50. The highest BCUT2D eigenvalue weighted by atomic mass is 16.5. The van der Waals surface area contributed by atoms with Gasteiger partial charge in [0, 0.05) is 32.1 Å². The monoisotopic (exact) mass is 268 g/mol. The molecule has 0 N–H and O–H groups in total. The molecule has 2 heterocycles. The Balaban J connectivity index is 1.93. The highest BCUT2D eigenvalue weighted by molar-refractivity contribution is 5.70. The Labute approximate surface area is 112 Å². The molecular weight excluding hydrogens is 248 g/mol. The molecule has 1 fully saturated rings. The van der Waals surface area contributed by atoms with Crippen molar-refractivity contribution in [2.75, 3.05) is 40.8 Å². The molecule has 0 aliphatic carbocycles. The van der Waals surface area contributed by atoms with Crippen molar-refractivity contribution in [3.63, 3.8) is 0 Å². The summed E-state index contributed by atoms with van der Waals surface area (Å²) < 4.78 is 9.61. The van der Waals surface area contributed by atoms with Gasteiger partial charge in [0.25, 0.3) is 0 Å². The van der Waals surface area contributed by atoms with E-state index in [9.17, 15) is 4.79 Å². The molecule has 106 valence electrons. The number of rotatable bonds is 4. The number of nitrogens with zero attached hydrogens (tertiary/aromatic N) is 4. The normalized spacial score (nSPS) is 21.5. The summed E-state index contributed by atoms with van der Waals surface area (Å²) in [4.78, 5) is 19.9. The predicted molar refractivity (Wildman–Crippen MR) is 67.6 cm³/mol. The van der Waals surface area contributed by atoms with E-state index in [1.165, 1.54) is 7.11 Å². The molecule has 1 aliphatic rings. The Morgan fingerprint density at radius 3 is 3.00 bits per heavy atom. The van der Waals surface area contributed by atoms with Gasteiger partial charge in [-0.2, -0.15) is 4.98 Å². The molecule has 2 rings (SSSR count). The highest BCUT2D eigenvalue weighted by Crippen LogP contribution is 2.11. The molecule has 1 aromatic heterocycles. The third-order valence-electron chi connectivity index (χ3n) is 3.43. The van der Waals surface area contributed by atoms with Crippen molar-refractivity contribution in [3.05, 3.63) is 11.7 Å². The first-order chi connectivity index (χ1) is 9.08. The zero-order valence-electron chi connectivity index (χ0n) is 11.6. The maximum absolute atomic E-state index is 11.1. The van der Waals surface area contributed by atoms with Gasteiger partial charge in [0.2, 0.25) is 5.89 Å². The SMILES string of the molecule is COC(=O)Cc1nc(CC2CN(C)CCN2C)no1. The number of carbonyl (C=O) groups is 1. The first-order valence-electron chi connectivity index (χ1n) is 6.35. The summed E-state index contributed by atoms with van der Waals surface area (Å²) in [6.45, 7) is 3.10. The van der Waals surface area contributed by atoms with Crippen molar-refractivity contribution in [2.24, 2.45) is 0 Å². The molecule has 0 amide bonds. The fraction of sp³-hybridized carbons (Fsp3) is 0.750. The quantitative estimate of drug-likeness (QED) is 0.686. The molecule has 0 saturated carbocycles. The Kier molecular flexibility index (Phi) is 4.49. The summed E-state index contributed by atoms with van der Waals surface area (Å²) in [5.41, 5.74) is 0. The predicted octanol–water partition coefficient (Wildman–Crippen LogP) is -0.427. The summed E-state index contributed by atoms with van der Waals surface area (Å²) >= 11 is 0. The van der Waals surface area contributed by atoms with Gasteiger partial charge < -0.3 is 19.1 Å². The second kappa shape index (κ2) is 6.12. The van der Waals surface area contributed by atoms with Crippen LogP contribution in [0.2, 0.25) is 0 Å². The van der Waals surface area contributed by atoms with Crippen LogP contribution in [-0.4, -0.2) is 72.8 Å².